The molecule has 0 spiro atoms. The van der Waals surface area contributed by atoms with Crippen LogP contribution in [0.5, 0.6) is 0 Å². The Kier molecular flexibility index (Phi) is 6.52. The van der Waals surface area contributed by atoms with E-state index in [4.69, 9.17) is 4.63 Å². The number of hydrogen-bond donors (Lipinski definition) is 0. The van der Waals surface area contributed by atoms with Crippen molar-refractivity contribution >= 4 is 11.0 Å². The monoisotopic (exact) mass is 396 g/mol. The first-order valence-electron chi connectivity index (χ1n) is 10.6. The third kappa shape index (κ3) is 5.19. The summed E-state index contributed by atoms with van der Waals surface area (Å²) < 4.78 is 18.3. The third-order valence-corrected chi connectivity index (χ3v) is 5.94. The second kappa shape index (κ2) is 9.46. The molecule has 1 atom stereocenters. The molecule has 1 aliphatic heterocycles. The van der Waals surface area contributed by atoms with E-state index < -0.39 is 0 Å². The van der Waals surface area contributed by atoms with Gasteiger partial charge >= 0.3 is 0 Å². The average Bonchev–Trinajstić information content (AvgIpc) is 3.22. The molecule has 2 heterocycles. The van der Waals surface area contributed by atoms with Crippen molar-refractivity contribution in [3.8, 4) is 0 Å². The number of nitrogens with zero attached hydrogens (tertiary/aromatic N) is 4. The number of rotatable bonds is 8. The molecule has 0 aliphatic carbocycles. The van der Waals surface area contributed by atoms with Gasteiger partial charge in [0.05, 0.1) is 0 Å². The van der Waals surface area contributed by atoms with Gasteiger partial charge in [-0.15, -0.1) is 0 Å². The first-order valence-corrected chi connectivity index (χ1v) is 10.6. The van der Waals surface area contributed by atoms with Gasteiger partial charge in [0.15, 0.2) is 0 Å². The highest BCUT2D eigenvalue weighted by Crippen LogP contribution is 2.21. The van der Waals surface area contributed by atoms with Gasteiger partial charge in [-0.25, -0.2) is 9.02 Å². The van der Waals surface area contributed by atoms with E-state index in [1.54, 1.807) is 12.1 Å². The SMILES string of the molecule is CCN(Cc1cccc2nonc12)C[C@H]1CCCN(CCc2cccc(F)c2)C1. The molecule has 0 saturated carbocycles. The van der Waals surface area contributed by atoms with Crippen molar-refractivity contribution in [3.63, 3.8) is 0 Å². The molecule has 1 saturated heterocycles. The predicted octanol–water partition coefficient (Wildman–Crippen LogP) is 4.14. The van der Waals surface area contributed by atoms with Crippen molar-refractivity contribution in [1.29, 1.82) is 0 Å². The number of fused-ring (bicyclic) bond motifs is 1. The number of hydrogen-bond acceptors (Lipinski definition) is 5. The average molecular weight is 397 g/mol. The highest BCUT2D eigenvalue weighted by molar-refractivity contribution is 5.76. The van der Waals surface area contributed by atoms with Gasteiger partial charge < -0.3 is 4.90 Å². The summed E-state index contributed by atoms with van der Waals surface area (Å²) in [6.07, 6.45) is 3.40. The summed E-state index contributed by atoms with van der Waals surface area (Å²) >= 11 is 0. The van der Waals surface area contributed by atoms with E-state index in [1.807, 2.05) is 18.2 Å². The van der Waals surface area contributed by atoms with Crippen LogP contribution in [0.4, 0.5) is 4.39 Å². The minimum absolute atomic E-state index is 0.144. The zero-order chi connectivity index (χ0) is 20.1. The quantitative estimate of drug-likeness (QED) is 0.573. The van der Waals surface area contributed by atoms with Gasteiger partial charge in [-0.2, -0.15) is 0 Å². The molecule has 0 unspecified atom stereocenters. The van der Waals surface area contributed by atoms with Gasteiger partial charge in [0.25, 0.3) is 0 Å². The minimum Gasteiger partial charge on any atom is -0.303 e. The first-order chi connectivity index (χ1) is 14.2. The molecule has 0 amide bonds. The Labute approximate surface area is 171 Å². The molecule has 5 nitrogen and oxygen atoms in total. The van der Waals surface area contributed by atoms with Crippen molar-refractivity contribution in [2.24, 2.45) is 5.92 Å². The number of benzene rings is 2. The maximum atomic E-state index is 13.4. The van der Waals surface area contributed by atoms with Gasteiger partial charge in [-0.1, -0.05) is 31.2 Å². The Morgan fingerprint density at radius 2 is 2.10 bits per heavy atom. The third-order valence-electron chi connectivity index (χ3n) is 5.94. The molecule has 154 valence electrons. The van der Waals surface area contributed by atoms with Crippen molar-refractivity contribution in [2.45, 2.75) is 32.7 Å². The van der Waals surface area contributed by atoms with E-state index in [2.05, 4.69) is 33.1 Å². The molecule has 0 radical (unpaired) electrons. The lowest BCUT2D eigenvalue weighted by atomic mass is 9.96. The highest BCUT2D eigenvalue weighted by atomic mass is 19.1. The van der Waals surface area contributed by atoms with E-state index >= 15 is 0 Å². The van der Waals surface area contributed by atoms with Crippen LogP contribution in [-0.4, -0.2) is 52.8 Å². The zero-order valence-corrected chi connectivity index (χ0v) is 17.1. The molecule has 2 aromatic carbocycles. The Bertz CT molecular complexity index is 928. The Hall–Kier alpha value is -2.31. The molecule has 4 rings (SSSR count). The molecule has 0 bridgehead atoms. The van der Waals surface area contributed by atoms with E-state index in [-0.39, 0.29) is 5.82 Å². The van der Waals surface area contributed by atoms with Crippen LogP contribution in [0.25, 0.3) is 11.0 Å². The fraction of sp³-hybridized carbons (Fsp3) is 0.478. The van der Waals surface area contributed by atoms with Crippen molar-refractivity contribution in [3.05, 3.63) is 59.4 Å². The Balaban J connectivity index is 1.32. The molecule has 1 aliphatic rings. The summed E-state index contributed by atoms with van der Waals surface area (Å²) in [6, 6.07) is 13.0. The summed E-state index contributed by atoms with van der Waals surface area (Å²) in [4.78, 5) is 5.03. The lowest BCUT2D eigenvalue weighted by molar-refractivity contribution is 0.133. The van der Waals surface area contributed by atoms with Crippen molar-refractivity contribution < 1.29 is 9.02 Å². The summed E-state index contributed by atoms with van der Waals surface area (Å²) in [5.74, 6) is 0.515. The number of likely N-dealkylation sites (tertiary alicyclic amines) is 1. The Morgan fingerprint density at radius 3 is 2.97 bits per heavy atom. The van der Waals surface area contributed by atoms with Gasteiger partial charge in [0.1, 0.15) is 16.9 Å². The summed E-state index contributed by atoms with van der Waals surface area (Å²) in [5, 5.41) is 8.03. The van der Waals surface area contributed by atoms with Gasteiger partial charge in [0, 0.05) is 26.2 Å². The Morgan fingerprint density at radius 1 is 1.21 bits per heavy atom. The van der Waals surface area contributed by atoms with Gasteiger partial charge in [0.2, 0.25) is 0 Å². The standard InChI is InChI=1S/C23H29FN4O/c1-2-27(17-20-8-4-10-22-23(20)26-29-25-22)15-19-7-5-12-28(16-19)13-11-18-6-3-9-21(24)14-18/h3-4,6,8-10,14,19H,2,5,7,11-13,15-17H2,1H3/t19-/m1/s1. The smallest absolute Gasteiger partial charge is 0.139 e. The van der Waals surface area contributed by atoms with Crippen LogP contribution in [0.1, 0.15) is 30.9 Å². The second-order valence-electron chi connectivity index (χ2n) is 8.07. The molecular weight excluding hydrogens is 367 g/mol. The summed E-state index contributed by atoms with van der Waals surface area (Å²) in [7, 11) is 0. The molecule has 0 N–H and O–H groups in total. The highest BCUT2D eigenvalue weighted by Gasteiger charge is 2.22. The maximum Gasteiger partial charge on any atom is 0.139 e. The van der Waals surface area contributed by atoms with Crippen LogP contribution in [0.15, 0.2) is 47.1 Å². The van der Waals surface area contributed by atoms with Crippen molar-refractivity contribution in [1.82, 2.24) is 20.1 Å². The van der Waals surface area contributed by atoms with E-state index in [9.17, 15) is 4.39 Å². The van der Waals surface area contributed by atoms with E-state index in [0.717, 1.165) is 62.3 Å². The fourth-order valence-corrected chi connectivity index (χ4v) is 4.38. The molecule has 29 heavy (non-hydrogen) atoms. The number of piperidine rings is 1. The summed E-state index contributed by atoms with van der Waals surface area (Å²) in [6.45, 7) is 8.41. The normalized spacial score (nSPS) is 18.0. The predicted molar refractivity (Wildman–Crippen MR) is 112 cm³/mol. The topological polar surface area (TPSA) is 45.4 Å². The first kappa shape index (κ1) is 20.0. The van der Waals surface area contributed by atoms with Crippen LogP contribution in [0, 0.1) is 11.7 Å². The molecule has 1 aromatic heterocycles. The fourth-order valence-electron chi connectivity index (χ4n) is 4.38. The second-order valence-corrected chi connectivity index (χ2v) is 8.07. The van der Waals surface area contributed by atoms with Crippen molar-refractivity contribution in [2.75, 3.05) is 32.7 Å². The van der Waals surface area contributed by atoms with Gasteiger partial charge in [-0.05, 0) is 77.9 Å². The minimum atomic E-state index is -0.144. The number of aromatic nitrogens is 2. The maximum absolute atomic E-state index is 13.4. The summed E-state index contributed by atoms with van der Waals surface area (Å²) in [5.41, 5.74) is 3.94. The van der Waals surface area contributed by atoms with Crippen LogP contribution < -0.4 is 0 Å². The molecule has 3 aromatic rings. The molecular formula is C23H29FN4O. The zero-order valence-electron chi connectivity index (χ0n) is 17.1. The van der Waals surface area contributed by atoms with Crippen LogP contribution in [-0.2, 0) is 13.0 Å². The molecule has 1 fully saturated rings. The number of halogens is 1. The van der Waals surface area contributed by atoms with Crippen LogP contribution in [0.3, 0.4) is 0 Å². The van der Waals surface area contributed by atoms with Crippen LogP contribution in [0.2, 0.25) is 0 Å². The van der Waals surface area contributed by atoms with Crippen LogP contribution >= 0.6 is 0 Å². The van der Waals surface area contributed by atoms with E-state index in [0.29, 0.717) is 5.92 Å². The van der Waals surface area contributed by atoms with Gasteiger partial charge in [-0.3, -0.25) is 4.90 Å². The lowest BCUT2D eigenvalue weighted by Gasteiger charge is -2.35. The lowest BCUT2D eigenvalue weighted by Crippen LogP contribution is -2.41. The largest absolute Gasteiger partial charge is 0.303 e. The van der Waals surface area contributed by atoms with E-state index in [1.165, 1.54) is 24.5 Å². The molecule has 6 heteroatoms.